The lowest BCUT2D eigenvalue weighted by Crippen LogP contribution is -2.05. The first-order valence-corrected chi connectivity index (χ1v) is 15.7. The Morgan fingerprint density at radius 1 is 0.846 bits per heavy atom. The maximum atomic E-state index is 11.1. The molecule has 2 aromatic rings. The van der Waals surface area contributed by atoms with Crippen LogP contribution in [-0.2, 0) is 46.2 Å². The molecule has 1 N–H and O–H groups in total. The molecular weight excluding hydrogens is 660 g/mol. The number of aromatic hydroxyl groups is 1. The molecule has 39 heavy (non-hydrogen) atoms. The zero-order valence-electron chi connectivity index (χ0n) is 22.2. The van der Waals surface area contributed by atoms with E-state index in [4.69, 9.17) is 4.74 Å². The van der Waals surface area contributed by atoms with Gasteiger partial charge in [-0.3, -0.25) is 13.8 Å². The maximum absolute atomic E-state index is 11.1. The molecule has 2 aliphatic rings. The van der Waals surface area contributed by atoms with Crippen LogP contribution in [-0.4, -0.2) is 59.2 Å². The smallest absolute Gasteiger partial charge is 0.309 e. The Labute approximate surface area is 246 Å². The molecule has 0 radical (unpaired) electrons. The Kier molecular flexibility index (Phi) is 13.7. The number of rotatable bonds is 10. The molecule has 0 amide bonds. The van der Waals surface area contributed by atoms with Crippen molar-refractivity contribution in [2.75, 3.05) is 33.7 Å². The van der Waals surface area contributed by atoms with E-state index in [0.717, 1.165) is 53.0 Å². The van der Waals surface area contributed by atoms with Crippen molar-refractivity contribution in [2.45, 2.75) is 38.5 Å². The number of hydrogen-bond donors (Lipinski definition) is 1. The summed E-state index contributed by atoms with van der Waals surface area (Å²) in [6, 6.07) is 10.6. The Hall–Kier alpha value is -2.15. The van der Waals surface area contributed by atoms with E-state index in [-0.39, 0.29) is 30.5 Å². The molecule has 2 aliphatic carbocycles. The minimum Gasteiger partial charge on any atom is -0.507 e. The van der Waals surface area contributed by atoms with E-state index in [1.54, 1.807) is 12.1 Å². The maximum Gasteiger partial charge on any atom is 0.309 e. The second-order valence-corrected chi connectivity index (χ2v) is 12.6. The second kappa shape index (κ2) is 16.2. The molecule has 9 nitrogen and oxygen atoms in total. The summed E-state index contributed by atoms with van der Waals surface area (Å²) >= 11 is 6.61. The fraction of sp³-hybridized carbons (Fsp3) is 0.481. The van der Waals surface area contributed by atoms with E-state index in [2.05, 4.69) is 45.5 Å². The summed E-state index contributed by atoms with van der Waals surface area (Å²) in [7, 11) is -0.441. The third-order valence-electron chi connectivity index (χ3n) is 5.55. The van der Waals surface area contributed by atoms with Crippen LogP contribution in [0.3, 0.4) is 0 Å². The molecule has 0 saturated heterocycles. The molecule has 0 aliphatic heterocycles. The number of phenolic OH excluding ortho intramolecular Hbond substituents is 1. The number of hydrogen-bond acceptors (Lipinski definition) is 9. The molecule has 0 spiro atoms. The summed E-state index contributed by atoms with van der Waals surface area (Å²) in [4.78, 5) is 22.0. The fourth-order valence-electron chi connectivity index (χ4n) is 2.91. The van der Waals surface area contributed by atoms with Crippen LogP contribution in [0, 0.1) is 11.8 Å². The van der Waals surface area contributed by atoms with Gasteiger partial charge in [0.1, 0.15) is 11.5 Å². The van der Waals surface area contributed by atoms with Crippen LogP contribution < -0.4 is 4.74 Å². The fourth-order valence-corrected chi connectivity index (χ4v) is 4.31. The lowest BCUT2D eigenvalue weighted by molar-refractivity contribution is -0.140. The van der Waals surface area contributed by atoms with Gasteiger partial charge in [0.05, 0.1) is 55.5 Å². The summed E-state index contributed by atoms with van der Waals surface area (Å²) in [5.41, 5.74) is 1.72. The number of carbonyl (C=O) groups is 2. The molecule has 0 heterocycles. The molecule has 2 fully saturated rings. The number of ether oxygens (including phenoxy) is 3. The number of benzene rings is 2. The van der Waals surface area contributed by atoms with Gasteiger partial charge >= 0.3 is 11.9 Å². The highest BCUT2D eigenvalue weighted by atomic mass is 79.9. The first kappa shape index (κ1) is 33.1. The summed E-state index contributed by atoms with van der Waals surface area (Å²) in [5, 5.41) is 9.17. The SMILES string of the molecule is COC(=O)Cc1ccc(O)c(Br)c1.COC(=O)Cc1ccc(OCC2CC2)c(Br)c1.CS(=O)(=O)OCC1CC1. The van der Waals surface area contributed by atoms with Gasteiger partial charge in [0.25, 0.3) is 10.1 Å². The number of esters is 2. The standard InChI is InChI=1S/C13H15BrO3.C9H9BrO3.C5H10O3S/c1-16-13(15)7-10-4-5-12(11(14)6-10)17-8-9-2-3-9;1-13-9(12)5-6-2-3-8(11)7(10)4-6;1-9(6,7)8-4-5-2-3-5/h4-6,9H,2-3,7-8H2,1H3;2-4,11H,5H2,1H3;5H,2-4H2,1H3. The largest absolute Gasteiger partial charge is 0.507 e. The minimum atomic E-state index is -3.18. The van der Waals surface area contributed by atoms with E-state index in [9.17, 15) is 23.1 Å². The average Bonchev–Trinajstić information content (AvgIpc) is 3.80. The lowest BCUT2D eigenvalue weighted by atomic mass is 10.1. The van der Waals surface area contributed by atoms with Gasteiger partial charge in [0.2, 0.25) is 0 Å². The van der Waals surface area contributed by atoms with E-state index in [1.807, 2.05) is 18.2 Å². The minimum absolute atomic E-state index is 0.161. The Morgan fingerprint density at radius 3 is 1.77 bits per heavy atom. The Bertz CT molecular complexity index is 1210. The monoisotopic (exact) mass is 692 g/mol. The molecule has 2 saturated carbocycles. The zero-order valence-corrected chi connectivity index (χ0v) is 26.1. The normalized spacial score (nSPS) is 14.2. The molecule has 0 atom stereocenters. The molecule has 4 rings (SSSR count). The first-order chi connectivity index (χ1) is 18.4. The van der Waals surface area contributed by atoms with Gasteiger partial charge in [-0.15, -0.1) is 0 Å². The van der Waals surface area contributed by atoms with Crippen LogP contribution in [0.5, 0.6) is 11.5 Å². The van der Waals surface area contributed by atoms with Gasteiger partial charge in [-0.2, -0.15) is 8.42 Å². The van der Waals surface area contributed by atoms with Crippen LogP contribution >= 0.6 is 31.9 Å². The van der Waals surface area contributed by atoms with Gasteiger partial charge < -0.3 is 19.3 Å². The van der Waals surface area contributed by atoms with Gasteiger partial charge in [0, 0.05) is 0 Å². The van der Waals surface area contributed by atoms with Crippen molar-refractivity contribution >= 4 is 53.9 Å². The third kappa shape index (κ3) is 14.7. The summed E-state index contributed by atoms with van der Waals surface area (Å²) in [6.07, 6.45) is 6.38. The van der Waals surface area contributed by atoms with Gasteiger partial charge in [-0.1, -0.05) is 12.1 Å². The van der Waals surface area contributed by atoms with Crippen LogP contribution in [0.4, 0.5) is 0 Å². The van der Waals surface area contributed by atoms with Gasteiger partial charge in [-0.25, -0.2) is 0 Å². The summed E-state index contributed by atoms with van der Waals surface area (Å²) < 4.78 is 41.5. The number of halogens is 2. The van der Waals surface area contributed by atoms with Crippen molar-refractivity contribution < 1.29 is 41.5 Å². The van der Waals surface area contributed by atoms with Crippen molar-refractivity contribution in [3.8, 4) is 11.5 Å². The van der Waals surface area contributed by atoms with Crippen LogP contribution in [0.15, 0.2) is 45.3 Å². The molecule has 0 aromatic heterocycles. The number of carbonyl (C=O) groups excluding carboxylic acids is 2. The average molecular weight is 694 g/mol. The molecule has 12 heteroatoms. The van der Waals surface area contributed by atoms with E-state index in [1.165, 1.54) is 33.1 Å². The van der Waals surface area contributed by atoms with E-state index < -0.39 is 10.1 Å². The predicted octanol–water partition coefficient (Wildman–Crippen LogP) is 5.20. The second-order valence-electron chi connectivity index (χ2n) is 9.24. The molecule has 216 valence electrons. The first-order valence-electron chi connectivity index (χ1n) is 12.3. The van der Waals surface area contributed by atoms with Crippen molar-refractivity contribution in [2.24, 2.45) is 11.8 Å². The van der Waals surface area contributed by atoms with Crippen LogP contribution in [0.2, 0.25) is 0 Å². The van der Waals surface area contributed by atoms with Crippen molar-refractivity contribution in [1.29, 1.82) is 0 Å². The molecule has 2 aromatic carbocycles. The third-order valence-corrected chi connectivity index (χ3v) is 7.37. The molecule has 0 bridgehead atoms. The Morgan fingerprint density at radius 2 is 1.33 bits per heavy atom. The van der Waals surface area contributed by atoms with Gasteiger partial charge in [-0.05, 0) is 105 Å². The molecular formula is C27H34Br2O9S. The lowest BCUT2D eigenvalue weighted by Gasteiger charge is -2.08. The topological polar surface area (TPSA) is 125 Å². The number of methoxy groups -OCH3 is 2. The molecule has 0 unspecified atom stereocenters. The predicted molar refractivity (Wildman–Crippen MR) is 153 cm³/mol. The van der Waals surface area contributed by atoms with Crippen molar-refractivity contribution in [1.82, 2.24) is 0 Å². The van der Waals surface area contributed by atoms with Gasteiger partial charge in [0.15, 0.2) is 0 Å². The van der Waals surface area contributed by atoms with E-state index in [0.29, 0.717) is 17.0 Å². The Balaban J connectivity index is 0.000000216. The zero-order chi connectivity index (χ0) is 29.0. The number of phenols is 1. The van der Waals surface area contributed by atoms with Crippen LogP contribution in [0.25, 0.3) is 0 Å². The highest BCUT2D eigenvalue weighted by Crippen LogP contribution is 2.32. The summed E-state index contributed by atoms with van der Waals surface area (Å²) in [5.74, 6) is 1.72. The van der Waals surface area contributed by atoms with Crippen LogP contribution in [0.1, 0.15) is 36.8 Å². The van der Waals surface area contributed by atoms with E-state index >= 15 is 0 Å². The summed E-state index contributed by atoms with van der Waals surface area (Å²) in [6.45, 7) is 1.17. The quantitative estimate of drug-likeness (QED) is 0.264. The highest BCUT2D eigenvalue weighted by Gasteiger charge is 2.23. The van der Waals surface area contributed by atoms with Crippen molar-refractivity contribution in [3.63, 3.8) is 0 Å². The highest BCUT2D eigenvalue weighted by molar-refractivity contribution is 9.10. The van der Waals surface area contributed by atoms with Crippen molar-refractivity contribution in [3.05, 3.63) is 56.5 Å².